The molecule has 2 aliphatic heterocycles. The molecule has 14 heteroatoms. The van der Waals surface area contributed by atoms with Crippen molar-refractivity contribution < 1.29 is 58.1 Å². The van der Waals surface area contributed by atoms with E-state index in [4.69, 9.17) is 32.5 Å². The van der Waals surface area contributed by atoms with Crippen molar-refractivity contribution in [2.45, 2.75) is 75.3 Å². The van der Waals surface area contributed by atoms with E-state index in [1.165, 1.54) is 44.4 Å². The molecule has 0 spiro atoms. The summed E-state index contributed by atoms with van der Waals surface area (Å²) in [7, 11) is 1.30. The van der Waals surface area contributed by atoms with Gasteiger partial charge in [-0.1, -0.05) is 18.2 Å². The SMILES string of the molecule is CO[C@H]1[C@@H](O)[C@@H](C)O[C@H](O[C@H]2[C@H](Oc3cccc4c(O)c5c(=O)oc6cccc7c(=O)oc(c34)c5c67)O[C@H](C)[C@H](O)[C@@H]2O)[C@@H]1O. The largest absolute Gasteiger partial charge is 0.506 e. The lowest BCUT2D eigenvalue weighted by Gasteiger charge is -2.46. The molecule has 0 unspecified atom stereocenters. The monoisotopic (exact) mass is 626 g/mol. The zero-order chi connectivity index (χ0) is 31.9. The number of ether oxygens (including phenoxy) is 5. The second-order valence-electron chi connectivity index (χ2n) is 11.4. The van der Waals surface area contributed by atoms with Crippen LogP contribution in [-0.4, -0.2) is 94.1 Å². The van der Waals surface area contributed by atoms with Crippen molar-refractivity contribution in [2.75, 3.05) is 7.11 Å². The summed E-state index contributed by atoms with van der Waals surface area (Å²) in [5.74, 6) is -0.429. The van der Waals surface area contributed by atoms with Gasteiger partial charge in [0.25, 0.3) is 0 Å². The molecule has 45 heavy (non-hydrogen) atoms. The normalized spacial score (nSPS) is 32.6. The molecule has 0 amide bonds. The van der Waals surface area contributed by atoms with E-state index in [0.29, 0.717) is 0 Å². The smallest absolute Gasteiger partial charge is 0.348 e. The van der Waals surface area contributed by atoms with Gasteiger partial charge in [0.2, 0.25) is 6.29 Å². The lowest BCUT2D eigenvalue weighted by molar-refractivity contribution is -0.353. The zero-order valence-electron chi connectivity index (χ0n) is 24.1. The van der Waals surface area contributed by atoms with E-state index >= 15 is 0 Å². The van der Waals surface area contributed by atoms with Gasteiger partial charge in [0, 0.05) is 23.3 Å². The number of aliphatic hydroxyl groups excluding tert-OH is 4. The van der Waals surface area contributed by atoms with Gasteiger partial charge in [0.1, 0.15) is 53.0 Å². The first-order valence-electron chi connectivity index (χ1n) is 14.3. The maximum atomic E-state index is 13.1. The van der Waals surface area contributed by atoms with Gasteiger partial charge in [-0.05, 0) is 32.0 Å². The molecule has 0 radical (unpaired) electrons. The average Bonchev–Trinajstić information content (AvgIpc) is 3.01. The molecule has 0 bridgehead atoms. The third-order valence-corrected chi connectivity index (χ3v) is 8.69. The maximum absolute atomic E-state index is 13.1. The Bertz CT molecular complexity index is 2020. The zero-order valence-corrected chi connectivity index (χ0v) is 24.1. The van der Waals surface area contributed by atoms with Gasteiger partial charge >= 0.3 is 11.3 Å². The van der Waals surface area contributed by atoms with Crippen LogP contribution in [0.1, 0.15) is 13.8 Å². The number of aliphatic hydroxyl groups is 4. The number of methoxy groups -OCH3 is 1. The van der Waals surface area contributed by atoms with Crippen LogP contribution in [0.2, 0.25) is 0 Å². The minimum atomic E-state index is -1.60. The summed E-state index contributed by atoms with van der Waals surface area (Å²) in [4.78, 5) is 26.2. The summed E-state index contributed by atoms with van der Waals surface area (Å²) in [6.45, 7) is 3.06. The Hall–Kier alpha value is -3.86. The third kappa shape index (κ3) is 4.48. The second kappa shape index (κ2) is 10.9. The molecule has 238 valence electrons. The molecule has 2 aliphatic rings. The molecule has 5 N–H and O–H groups in total. The van der Waals surface area contributed by atoms with Crippen molar-refractivity contribution in [1.29, 1.82) is 0 Å². The van der Waals surface area contributed by atoms with Gasteiger partial charge in [-0.3, -0.25) is 0 Å². The summed E-state index contributed by atoms with van der Waals surface area (Å²) in [6.07, 6.45) is -12.9. The highest BCUT2D eigenvalue weighted by Crippen LogP contribution is 2.45. The Morgan fingerprint density at radius 3 is 2.13 bits per heavy atom. The van der Waals surface area contributed by atoms with Crippen LogP contribution < -0.4 is 16.0 Å². The molecule has 2 saturated heterocycles. The van der Waals surface area contributed by atoms with E-state index in [1.54, 1.807) is 13.0 Å². The lowest BCUT2D eigenvalue weighted by Crippen LogP contribution is -2.64. The van der Waals surface area contributed by atoms with E-state index in [2.05, 4.69) is 0 Å². The molecular weight excluding hydrogens is 596 g/mol. The van der Waals surface area contributed by atoms with Crippen LogP contribution in [0.3, 0.4) is 0 Å². The molecule has 10 atom stereocenters. The summed E-state index contributed by atoms with van der Waals surface area (Å²) in [5.41, 5.74) is -1.50. The molecular formula is C31H30O14. The third-order valence-electron chi connectivity index (χ3n) is 8.69. The molecule has 3 aromatic carbocycles. The van der Waals surface area contributed by atoms with Crippen molar-refractivity contribution in [3.63, 3.8) is 0 Å². The fourth-order valence-electron chi connectivity index (χ4n) is 6.34. The Morgan fingerprint density at radius 1 is 0.689 bits per heavy atom. The minimum Gasteiger partial charge on any atom is -0.506 e. The topological polar surface area (TPSA) is 208 Å². The number of hydrogen-bond acceptors (Lipinski definition) is 14. The quantitative estimate of drug-likeness (QED) is 0.105. The molecule has 7 rings (SSSR count). The van der Waals surface area contributed by atoms with Crippen molar-refractivity contribution >= 4 is 43.5 Å². The Balaban J connectivity index is 1.37. The standard InChI is InChI=1S/C31H30O14/c1-10-20(32)23(35)27(45-30-24(36)26(39-3)21(33)11(2)40-30)31(41-10)43-15-9-4-6-12-17(15)25-18-16-13(28(37)44-25)7-5-8-14(16)42-29(38)19(18)22(12)34/h4-11,20-21,23-24,26-27,30-36H,1-3H3/t10-,11-,20+,21+,23+,24-,26+,27-,30-,31+/m1/s1. The van der Waals surface area contributed by atoms with E-state index < -0.39 is 78.4 Å². The van der Waals surface area contributed by atoms with Crippen LogP contribution in [0.15, 0.2) is 54.8 Å². The van der Waals surface area contributed by atoms with Crippen LogP contribution in [0.4, 0.5) is 0 Å². The number of phenols is 1. The van der Waals surface area contributed by atoms with Crippen LogP contribution in [0, 0.1) is 0 Å². The molecule has 2 fully saturated rings. The first-order valence-corrected chi connectivity index (χ1v) is 14.3. The number of phenolic OH excluding ortho intramolecular Hbond substituents is 1. The van der Waals surface area contributed by atoms with E-state index in [-0.39, 0.29) is 49.2 Å². The van der Waals surface area contributed by atoms with Gasteiger partial charge < -0.3 is 58.1 Å². The number of rotatable bonds is 5. The summed E-state index contributed by atoms with van der Waals surface area (Å²) in [6, 6.07) is 9.08. The van der Waals surface area contributed by atoms with Gasteiger partial charge in [-0.2, -0.15) is 0 Å². The van der Waals surface area contributed by atoms with Crippen molar-refractivity contribution in [1.82, 2.24) is 0 Å². The van der Waals surface area contributed by atoms with Crippen molar-refractivity contribution in [3.05, 3.63) is 57.2 Å². The maximum Gasteiger partial charge on any atom is 0.348 e. The molecule has 0 saturated carbocycles. The van der Waals surface area contributed by atoms with Gasteiger partial charge in [-0.15, -0.1) is 0 Å². The van der Waals surface area contributed by atoms with E-state index in [1.807, 2.05) is 0 Å². The second-order valence-corrected chi connectivity index (χ2v) is 11.4. The number of fused-ring (bicyclic) bond motifs is 2. The fraction of sp³-hybridized carbons (Fsp3) is 0.419. The highest BCUT2D eigenvalue weighted by molar-refractivity contribution is 6.28. The summed E-state index contributed by atoms with van der Waals surface area (Å²) in [5, 5.41) is 54.9. The van der Waals surface area contributed by atoms with E-state index in [9.17, 15) is 35.1 Å². The van der Waals surface area contributed by atoms with Crippen LogP contribution >= 0.6 is 0 Å². The lowest BCUT2D eigenvalue weighted by atomic mass is 9.97. The average molecular weight is 627 g/mol. The summed E-state index contributed by atoms with van der Waals surface area (Å²) >= 11 is 0. The van der Waals surface area contributed by atoms with Crippen LogP contribution in [0.5, 0.6) is 11.5 Å². The predicted octanol–water partition coefficient (Wildman–Crippen LogP) is 1.06. The molecule has 14 nitrogen and oxygen atoms in total. The molecule has 4 heterocycles. The molecule has 5 aromatic rings. The summed E-state index contributed by atoms with van der Waals surface area (Å²) < 4.78 is 40.2. The van der Waals surface area contributed by atoms with Crippen LogP contribution in [0.25, 0.3) is 43.5 Å². The van der Waals surface area contributed by atoms with Crippen LogP contribution in [-0.2, 0) is 18.9 Å². The fourth-order valence-corrected chi connectivity index (χ4v) is 6.34. The Kier molecular flexibility index (Phi) is 7.22. The first kappa shape index (κ1) is 29.8. The highest BCUT2D eigenvalue weighted by Gasteiger charge is 2.50. The molecule has 0 aliphatic carbocycles. The van der Waals surface area contributed by atoms with Gasteiger partial charge in [-0.25, -0.2) is 9.59 Å². The van der Waals surface area contributed by atoms with Gasteiger partial charge in [0.15, 0.2) is 18.0 Å². The van der Waals surface area contributed by atoms with Crippen molar-refractivity contribution in [3.8, 4) is 11.5 Å². The predicted molar refractivity (Wildman–Crippen MR) is 155 cm³/mol. The molecule has 2 aromatic heterocycles. The number of benzene rings is 3. The minimum absolute atomic E-state index is 0.00586. The number of aromatic hydroxyl groups is 1. The Labute approximate surface area is 252 Å². The Morgan fingerprint density at radius 2 is 1.38 bits per heavy atom. The van der Waals surface area contributed by atoms with Gasteiger partial charge in [0.05, 0.1) is 23.0 Å². The highest BCUT2D eigenvalue weighted by atomic mass is 16.8. The van der Waals surface area contributed by atoms with Crippen molar-refractivity contribution in [2.24, 2.45) is 0 Å². The van der Waals surface area contributed by atoms with E-state index in [0.717, 1.165) is 0 Å². The number of hydrogen-bond donors (Lipinski definition) is 5. The first-order chi connectivity index (χ1) is 21.5.